The molecule has 0 radical (unpaired) electrons. The Morgan fingerprint density at radius 2 is 2.12 bits per heavy atom. The van der Waals surface area contributed by atoms with Crippen LogP contribution in [0.3, 0.4) is 0 Å². The van der Waals surface area contributed by atoms with Crippen molar-refractivity contribution in [2.75, 3.05) is 26.8 Å². The Morgan fingerprint density at radius 1 is 1.33 bits per heavy atom. The Bertz CT molecular complexity index is 632. The van der Waals surface area contributed by atoms with Crippen molar-refractivity contribution in [3.05, 3.63) is 16.3 Å². The number of hydrogen-bond acceptors (Lipinski definition) is 4. The number of ether oxygens (including phenoxy) is 1. The van der Waals surface area contributed by atoms with Crippen molar-refractivity contribution in [3.63, 3.8) is 0 Å². The van der Waals surface area contributed by atoms with Crippen LogP contribution in [0.25, 0.3) is 0 Å². The molecule has 0 N–H and O–H groups in total. The molecule has 3 rings (SSSR count). The summed E-state index contributed by atoms with van der Waals surface area (Å²) in [5.41, 5.74) is -0.0263. The van der Waals surface area contributed by atoms with Gasteiger partial charge in [0.25, 0.3) is 0 Å². The number of carbonyl (C=O) groups excluding carboxylic acids is 1. The van der Waals surface area contributed by atoms with E-state index in [1.165, 1.54) is 4.68 Å². The molecule has 134 valence electrons. The van der Waals surface area contributed by atoms with Gasteiger partial charge in [-0.1, -0.05) is 6.92 Å². The number of hydrogen-bond donors (Lipinski definition) is 0. The number of rotatable bonds is 7. The lowest BCUT2D eigenvalue weighted by molar-refractivity contribution is -0.132. The largest absolute Gasteiger partial charge is 0.383 e. The number of piperidine rings is 1. The summed E-state index contributed by atoms with van der Waals surface area (Å²) in [6, 6.07) is 0.297. The van der Waals surface area contributed by atoms with E-state index >= 15 is 0 Å². The zero-order valence-electron chi connectivity index (χ0n) is 14.7. The van der Waals surface area contributed by atoms with Gasteiger partial charge in [-0.2, -0.15) is 5.10 Å². The first kappa shape index (κ1) is 17.2. The van der Waals surface area contributed by atoms with Crippen molar-refractivity contribution in [2.45, 2.75) is 64.0 Å². The summed E-state index contributed by atoms with van der Waals surface area (Å²) in [7, 11) is 1.63. The average Bonchev–Trinajstić information content (AvgIpc) is 3.37. The fourth-order valence-corrected chi connectivity index (χ4v) is 3.50. The summed E-state index contributed by atoms with van der Waals surface area (Å²) in [6.07, 6.45) is 5.54. The molecule has 1 atom stereocenters. The van der Waals surface area contributed by atoms with Crippen LogP contribution in [-0.4, -0.2) is 52.0 Å². The fraction of sp³-hybridized carbons (Fsp3) is 0.824. The van der Waals surface area contributed by atoms with Gasteiger partial charge in [0.2, 0.25) is 5.91 Å². The van der Waals surface area contributed by atoms with E-state index in [1.807, 2.05) is 16.4 Å². The van der Waals surface area contributed by atoms with E-state index < -0.39 is 0 Å². The van der Waals surface area contributed by atoms with Crippen LogP contribution in [0, 0.1) is 0 Å². The normalized spacial score (nSPS) is 21.2. The Morgan fingerprint density at radius 3 is 2.79 bits per heavy atom. The van der Waals surface area contributed by atoms with Gasteiger partial charge in [0.15, 0.2) is 0 Å². The van der Waals surface area contributed by atoms with Gasteiger partial charge in [0.05, 0.1) is 13.2 Å². The average molecular weight is 336 g/mol. The second-order valence-electron chi connectivity index (χ2n) is 6.89. The number of methoxy groups -OCH3 is 1. The molecule has 2 heterocycles. The predicted octanol–water partition coefficient (Wildman–Crippen LogP) is 1.53. The lowest BCUT2D eigenvalue weighted by Crippen LogP contribution is -2.39. The minimum Gasteiger partial charge on any atom is -0.383 e. The van der Waals surface area contributed by atoms with Crippen molar-refractivity contribution in [2.24, 2.45) is 0 Å². The SMILES string of the molecule is CCCC(=O)N1CCC[C@H](c2nn(CCOC)c(=O)n2C2CC2)C1. The molecule has 0 aromatic carbocycles. The number of likely N-dealkylation sites (tertiary alicyclic amines) is 1. The molecule has 1 aromatic rings. The van der Waals surface area contributed by atoms with Gasteiger partial charge in [0.1, 0.15) is 5.82 Å². The first-order valence-corrected chi connectivity index (χ1v) is 9.11. The third-order valence-electron chi connectivity index (χ3n) is 4.92. The van der Waals surface area contributed by atoms with Crippen LogP contribution < -0.4 is 5.69 Å². The highest BCUT2D eigenvalue weighted by Gasteiger charge is 2.35. The summed E-state index contributed by atoms with van der Waals surface area (Å²) in [4.78, 5) is 26.9. The third kappa shape index (κ3) is 3.55. The zero-order valence-corrected chi connectivity index (χ0v) is 14.7. The maximum absolute atomic E-state index is 12.7. The molecule has 1 aromatic heterocycles. The lowest BCUT2D eigenvalue weighted by atomic mass is 9.96. The Labute approximate surface area is 142 Å². The molecular formula is C17H28N4O3. The van der Waals surface area contributed by atoms with Gasteiger partial charge in [-0.15, -0.1) is 0 Å². The number of carbonyl (C=O) groups is 1. The maximum Gasteiger partial charge on any atom is 0.346 e. The van der Waals surface area contributed by atoms with E-state index in [0.29, 0.717) is 32.2 Å². The summed E-state index contributed by atoms with van der Waals surface area (Å²) < 4.78 is 8.50. The molecule has 1 aliphatic carbocycles. The van der Waals surface area contributed by atoms with E-state index in [4.69, 9.17) is 4.74 Å². The Hall–Kier alpha value is -1.63. The highest BCUT2D eigenvalue weighted by molar-refractivity contribution is 5.76. The molecular weight excluding hydrogens is 308 g/mol. The minimum absolute atomic E-state index is 0.0263. The van der Waals surface area contributed by atoms with Crippen LogP contribution in [0.5, 0.6) is 0 Å². The van der Waals surface area contributed by atoms with Gasteiger partial charge in [-0.05, 0) is 32.1 Å². The molecule has 1 aliphatic heterocycles. The smallest absolute Gasteiger partial charge is 0.346 e. The summed E-state index contributed by atoms with van der Waals surface area (Å²) in [6.45, 7) is 4.50. The zero-order chi connectivity index (χ0) is 17.1. The van der Waals surface area contributed by atoms with Gasteiger partial charge in [-0.25, -0.2) is 9.48 Å². The van der Waals surface area contributed by atoms with Gasteiger partial charge in [0, 0.05) is 38.6 Å². The van der Waals surface area contributed by atoms with Crippen molar-refractivity contribution in [1.29, 1.82) is 0 Å². The van der Waals surface area contributed by atoms with Crippen LogP contribution in [0.15, 0.2) is 4.79 Å². The molecule has 0 spiro atoms. The molecule has 0 unspecified atom stereocenters. The second-order valence-corrected chi connectivity index (χ2v) is 6.89. The highest BCUT2D eigenvalue weighted by atomic mass is 16.5. The molecule has 2 fully saturated rings. The summed E-state index contributed by atoms with van der Waals surface area (Å²) >= 11 is 0. The minimum atomic E-state index is -0.0263. The molecule has 2 aliphatic rings. The van der Waals surface area contributed by atoms with Crippen LogP contribution in [0.4, 0.5) is 0 Å². The molecule has 7 nitrogen and oxygen atoms in total. The van der Waals surface area contributed by atoms with E-state index in [-0.39, 0.29) is 17.5 Å². The van der Waals surface area contributed by atoms with Crippen molar-refractivity contribution >= 4 is 5.91 Å². The number of nitrogens with zero attached hydrogens (tertiary/aromatic N) is 4. The van der Waals surface area contributed by atoms with E-state index in [9.17, 15) is 9.59 Å². The van der Waals surface area contributed by atoms with Crippen molar-refractivity contribution in [1.82, 2.24) is 19.2 Å². The third-order valence-corrected chi connectivity index (χ3v) is 4.92. The number of amides is 1. The van der Waals surface area contributed by atoms with Gasteiger partial charge in [-0.3, -0.25) is 9.36 Å². The van der Waals surface area contributed by atoms with Crippen molar-refractivity contribution in [3.8, 4) is 0 Å². The fourth-order valence-electron chi connectivity index (χ4n) is 3.50. The van der Waals surface area contributed by atoms with Gasteiger partial charge < -0.3 is 9.64 Å². The number of aromatic nitrogens is 3. The first-order chi connectivity index (χ1) is 11.7. The lowest BCUT2D eigenvalue weighted by Gasteiger charge is -2.32. The Kier molecular flexibility index (Phi) is 5.38. The van der Waals surface area contributed by atoms with E-state index in [2.05, 4.69) is 5.10 Å². The molecule has 0 bridgehead atoms. The highest BCUT2D eigenvalue weighted by Crippen LogP contribution is 2.37. The second kappa shape index (κ2) is 7.51. The van der Waals surface area contributed by atoms with Crippen molar-refractivity contribution < 1.29 is 9.53 Å². The maximum atomic E-state index is 12.7. The van der Waals surface area contributed by atoms with Gasteiger partial charge >= 0.3 is 5.69 Å². The molecule has 1 amide bonds. The standard InChI is InChI=1S/C17H28N4O3/c1-3-5-15(22)19-9-4-6-13(12-19)16-18-20(10-11-24-2)17(23)21(16)14-7-8-14/h13-14H,3-12H2,1-2H3/t13-/m0/s1. The quantitative estimate of drug-likeness (QED) is 0.757. The van der Waals surface area contributed by atoms with Crippen LogP contribution >= 0.6 is 0 Å². The Balaban J connectivity index is 1.82. The topological polar surface area (TPSA) is 69.4 Å². The summed E-state index contributed by atoms with van der Waals surface area (Å²) in [5.74, 6) is 1.26. The summed E-state index contributed by atoms with van der Waals surface area (Å²) in [5, 5.41) is 4.62. The van der Waals surface area contributed by atoms with Crippen LogP contribution in [0.1, 0.15) is 63.2 Å². The molecule has 24 heavy (non-hydrogen) atoms. The molecule has 1 saturated carbocycles. The molecule has 1 saturated heterocycles. The first-order valence-electron chi connectivity index (χ1n) is 9.11. The monoisotopic (exact) mass is 336 g/mol. The van der Waals surface area contributed by atoms with Crippen LogP contribution in [0.2, 0.25) is 0 Å². The predicted molar refractivity (Wildman–Crippen MR) is 90.1 cm³/mol. The van der Waals surface area contributed by atoms with Crippen LogP contribution in [-0.2, 0) is 16.1 Å². The molecule has 7 heteroatoms. The van der Waals surface area contributed by atoms with E-state index in [1.54, 1.807) is 7.11 Å². The van der Waals surface area contributed by atoms with E-state index in [0.717, 1.165) is 44.5 Å².